The highest BCUT2D eigenvalue weighted by Crippen LogP contribution is 2.51. The Morgan fingerprint density at radius 2 is 1.56 bits per heavy atom. The molecule has 0 amide bonds. The van der Waals surface area contributed by atoms with Gasteiger partial charge < -0.3 is 5.11 Å². The van der Waals surface area contributed by atoms with Crippen LogP contribution in [0.3, 0.4) is 0 Å². The molecule has 0 unspecified atom stereocenters. The first-order valence-electron chi connectivity index (χ1n) is 9.84. The number of fused-ring (bicyclic) bond motifs is 2. The van der Waals surface area contributed by atoms with Crippen LogP contribution < -0.4 is 0 Å². The van der Waals surface area contributed by atoms with Gasteiger partial charge in [0.15, 0.2) is 0 Å². The van der Waals surface area contributed by atoms with E-state index < -0.39 is 5.60 Å². The number of piperidine rings is 1. The lowest BCUT2D eigenvalue weighted by Gasteiger charge is -2.46. The standard InChI is InChI=1S/C23H29NO/c1-2-3-16-24-21-15-14-18(17-21)22(24)23(25,19-10-6-4-7-11-19)20-12-8-5-9-13-20/h4-13,18,21-22,25H,2-3,14-17H2,1H3/t18-,21+,22+/m1/s1. The average molecular weight is 335 g/mol. The Morgan fingerprint density at radius 3 is 2.12 bits per heavy atom. The zero-order valence-electron chi connectivity index (χ0n) is 15.1. The van der Waals surface area contributed by atoms with Crippen LogP contribution >= 0.6 is 0 Å². The van der Waals surface area contributed by atoms with Crippen LogP contribution in [-0.2, 0) is 5.60 Å². The van der Waals surface area contributed by atoms with Gasteiger partial charge in [0.25, 0.3) is 0 Å². The molecule has 1 heterocycles. The predicted octanol–water partition coefficient (Wildman–Crippen LogP) is 4.58. The molecular formula is C23H29NO. The fraction of sp³-hybridized carbons (Fsp3) is 0.478. The van der Waals surface area contributed by atoms with Gasteiger partial charge in [0.05, 0.1) is 6.04 Å². The van der Waals surface area contributed by atoms with E-state index in [4.69, 9.17) is 0 Å². The molecule has 1 saturated carbocycles. The van der Waals surface area contributed by atoms with Crippen LogP contribution in [0.5, 0.6) is 0 Å². The topological polar surface area (TPSA) is 23.5 Å². The largest absolute Gasteiger partial charge is 0.379 e. The van der Waals surface area contributed by atoms with E-state index in [1.54, 1.807) is 0 Å². The molecule has 25 heavy (non-hydrogen) atoms. The van der Waals surface area contributed by atoms with Gasteiger partial charge in [-0.3, -0.25) is 4.90 Å². The highest BCUT2D eigenvalue weighted by molar-refractivity contribution is 5.39. The highest BCUT2D eigenvalue weighted by Gasteiger charge is 2.55. The van der Waals surface area contributed by atoms with E-state index in [9.17, 15) is 5.11 Å². The number of hydrogen-bond donors (Lipinski definition) is 1. The van der Waals surface area contributed by atoms with Gasteiger partial charge in [-0.05, 0) is 49.3 Å². The summed E-state index contributed by atoms with van der Waals surface area (Å²) in [6.45, 7) is 3.36. The van der Waals surface area contributed by atoms with Gasteiger partial charge in [-0.15, -0.1) is 0 Å². The molecule has 2 heteroatoms. The lowest BCUT2D eigenvalue weighted by atomic mass is 9.74. The third kappa shape index (κ3) is 2.82. The molecular weight excluding hydrogens is 306 g/mol. The average Bonchev–Trinajstić information content (AvgIpc) is 3.29. The van der Waals surface area contributed by atoms with Crippen LogP contribution in [0.25, 0.3) is 0 Å². The number of unbranched alkanes of at least 4 members (excludes halogenated alkanes) is 1. The molecule has 1 aliphatic heterocycles. The van der Waals surface area contributed by atoms with Gasteiger partial charge in [0.1, 0.15) is 5.60 Å². The van der Waals surface area contributed by atoms with Gasteiger partial charge >= 0.3 is 0 Å². The summed E-state index contributed by atoms with van der Waals surface area (Å²) < 4.78 is 0. The fourth-order valence-electron chi connectivity index (χ4n) is 5.21. The zero-order valence-corrected chi connectivity index (χ0v) is 15.1. The van der Waals surface area contributed by atoms with E-state index in [1.807, 2.05) is 36.4 Å². The van der Waals surface area contributed by atoms with Crippen LogP contribution in [0.15, 0.2) is 60.7 Å². The summed E-state index contributed by atoms with van der Waals surface area (Å²) >= 11 is 0. The third-order valence-electron chi connectivity index (χ3n) is 6.34. The maximum Gasteiger partial charge on any atom is 0.130 e. The quantitative estimate of drug-likeness (QED) is 0.835. The normalized spacial score (nSPS) is 26.2. The van der Waals surface area contributed by atoms with Gasteiger partial charge in [-0.1, -0.05) is 74.0 Å². The molecule has 2 fully saturated rings. The number of aliphatic hydroxyl groups is 1. The molecule has 1 saturated heterocycles. The second-order valence-corrected chi connectivity index (χ2v) is 7.76. The monoisotopic (exact) mass is 335 g/mol. The van der Waals surface area contributed by atoms with Crippen molar-refractivity contribution in [2.24, 2.45) is 5.92 Å². The summed E-state index contributed by atoms with van der Waals surface area (Å²) in [4.78, 5) is 2.64. The van der Waals surface area contributed by atoms with E-state index in [0.29, 0.717) is 12.0 Å². The summed E-state index contributed by atoms with van der Waals surface area (Å²) in [6, 6.07) is 21.5. The van der Waals surface area contributed by atoms with E-state index in [0.717, 1.165) is 17.7 Å². The first kappa shape index (κ1) is 16.8. The van der Waals surface area contributed by atoms with E-state index in [2.05, 4.69) is 36.1 Å². The summed E-state index contributed by atoms with van der Waals surface area (Å²) in [6.07, 6.45) is 6.20. The van der Waals surface area contributed by atoms with E-state index in [-0.39, 0.29) is 6.04 Å². The van der Waals surface area contributed by atoms with Crippen LogP contribution in [0.4, 0.5) is 0 Å². The Balaban J connectivity index is 1.80. The number of nitrogens with zero attached hydrogens (tertiary/aromatic N) is 1. The minimum atomic E-state index is -0.934. The zero-order chi connectivity index (χ0) is 17.3. The number of benzene rings is 2. The maximum atomic E-state index is 12.2. The molecule has 0 aromatic heterocycles. The molecule has 2 aliphatic rings. The van der Waals surface area contributed by atoms with Crippen LogP contribution in [0.1, 0.15) is 50.2 Å². The van der Waals surface area contributed by atoms with Crippen molar-refractivity contribution in [3.63, 3.8) is 0 Å². The molecule has 3 atom stereocenters. The van der Waals surface area contributed by atoms with Crippen LogP contribution in [-0.4, -0.2) is 28.6 Å². The molecule has 0 radical (unpaired) electrons. The Morgan fingerprint density at radius 1 is 0.960 bits per heavy atom. The Hall–Kier alpha value is -1.64. The van der Waals surface area contributed by atoms with E-state index in [1.165, 1.54) is 32.1 Å². The molecule has 1 aliphatic carbocycles. The van der Waals surface area contributed by atoms with E-state index >= 15 is 0 Å². The molecule has 2 aromatic rings. The van der Waals surface area contributed by atoms with Crippen molar-refractivity contribution >= 4 is 0 Å². The SMILES string of the molecule is CCCCN1[C@H]2CC[C@H](C2)[C@H]1C(O)(c1ccccc1)c1ccccc1. The lowest BCUT2D eigenvalue weighted by Crippen LogP contribution is -2.54. The Kier molecular flexibility index (Phi) is 4.66. The summed E-state index contributed by atoms with van der Waals surface area (Å²) in [7, 11) is 0. The molecule has 132 valence electrons. The second kappa shape index (κ2) is 6.93. The van der Waals surface area contributed by atoms with Gasteiger partial charge in [-0.25, -0.2) is 0 Å². The second-order valence-electron chi connectivity index (χ2n) is 7.76. The van der Waals surface area contributed by atoms with Crippen molar-refractivity contribution in [2.75, 3.05) is 6.54 Å². The summed E-state index contributed by atoms with van der Waals surface area (Å²) in [5.41, 5.74) is 1.12. The molecule has 1 N–H and O–H groups in total. The predicted molar refractivity (Wildman–Crippen MR) is 102 cm³/mol. The van der Waals surface area contributed by atoms with Crippen molar-refractivity contribution in [1.29, 1.82) is 0 Å². The van der Waals surface area contributed by atoms with Crippen LogP contribution in [0.2, 0.25) is 0 Å². The fourth-order valence-corrected chi connectivity index (χ4v) is 5.21. The highest BCUT2D eigenvalue weighted by atomic mass is 16.3. The summed E-state index contributed by atoms with van der Waals surface area (Å²) in [5, 5.41) is 12.2. The Labute approximate surface area is 151 Å². The number of hydrogen-bond acceptors (Lipinski definition) is 2. The lowest BCUT2D eigenvalue weighted by molar-refractivity contribution is -0.0424. The van der Waals surface area contributed by atoms with Crippen molar-refractivity contribution in [1.82, 2.24) is 4.90 Å². The molecule has 2 nitrogen and oxygen atoms in total. The maximum absolute atomic E-state index is 12.2. The van der Waals surface area contributed by atoms with Gasteiger partial charge in [0, 0.05) is 6.04 Å². The van der Waals surface area contributed by atoms with Crippen molar-refractivity contribution in [3.8, 4) is 0 Å². The number of rotatable bonds is 6. The molecule has 0 spiro atoms. The van der Waals surface area contributed by atoms with Crippen molar-refractivity contribution in [2.45, 2.75) is 56.7 Å². The van der Waals surface area contributed by atoms with Gasteiger partial charge in [-0.2, -0.15) is 0 Å². The first-order valence-corrected chi connectivity index (χ1v) is 9.84. The smallest absolute Gasteiger partial charge is 0.130 e. The van der Waals surface area contributed by atoms with Crippen LogP contribution in [0, 0.1) is 5.92 Å². The van der Waals surface area contributed by atoms with Gasteiger partial charge in [0.2, 0.25) is 0 Å². The molecule has 2 bridgehead atoms. The van der Waals surface area contributed by atoms with Crippen molar-refractivity contribution in [3.05, 3.63) is 71.8 Å². The molecule has 4 rings (SSSR count). The third-order valence-corrected chi connectivity index (χ3v) is 6.34. The molecule has 2 aromatic carbocycles. The summed E-state index contributed by atoms with van der Waals surface area (Å²) in [5.74, 6) is 0.590. The first-order chi connectivity index (χ1) is 12.2. The van der Waals surface area contributed by atoms with Crippen molar-refractivity contribution < 1.29 is 5.11 Å². The minimum Gasteiger partial charge on any atom is -0.379 e. The number of likely N-dealkylation sites (tertiary alicyclic amines) is 1. The Bertz CT molecular complexity index is 644. The minimum absolute atomic E-state index is 0.183.